The molecule has 44 heavy (non-hydrogen) atoms. The number of benzene rings is 4. The van der Waals surface area contributed by atoms with Crippen molar-refractivity contribution < 1.29 is 61.8 Å². The van der Waals surface area contributed by atoms with Crippen molar-refractivity contribution in [2.45, 2.75) is 22.1 Å². The van der Waals surface area contributed by atoms with E-state index in [1.54, 1.807) is 0 Å². The van der Waals surface area contributed by atoms with E-state index in [1.807, 2.05) is 0 Å². The number of nitrogen functional groups attached to an aromatic ring is 2. The Balaban J connectivity index is 1.81. The van der Waals surface area contributed by atoms with E-state index in [2.05, 4.69) is 0 Å². The van der Waals surface area contributed by atoms with Crippen LogP contribution in [-0.2, 0) is 32.6 Å². The maximum Gasteiger partial charge on any atom is 0.420 e. The second-order valence-corrected chi connectivity index (χ2v) is 11.8. The third-order valence-corrected chi connectivity index (χ3v) is 7.58. The lowest BCUT2D eigenvalue weighted by atomic mass is 10.1. The first kappa shape index (κ1) is 32.4. The molecule has 6 N–H and O–H groups in total. The SMILES string of the molecule is Nc1ccc(Oc2ccc(-c3ccc(Oc4ccc(N)cc4C(F)(F)F)c(S(=O)(=O)O)c3)cc2S(=O)(=O)O)c(C(F)(F)F)c1. The Morgan fingerprint density at radius 3 is 1.14 bits per heavy atom. The van der Waals surface area contributed by atoms with Gasteiger partial charge in [0.1, 0.15) is 43.9 Å². The topological polar surface area (TPSA) is 179 Å². The first-order valence-electron chi connectivity index (χ1n) is 11.7. The molecule has 4 aromatic carbocycles. The predicted octanol–water partition coefficient (Wildman–Crippen LogP) is 6.63. The molecule has 0 saturated heterocycles. The van der Waals surface area contributed by atoms with E-state index < -0.39 is 76.5 Å². The maximum atomic E-state index is 13.5. The van der Waals surface area contributed by atoms with Crippen LogP contribution in [0.3, 0.4) is 0 Å². The lowest BCUT2D eigenvalue weighted by molar-refractivity contribution is -0.139. The van der Waals surface area contributed by atoms with Crippen molar-refractivity contribution in [1.82, 2.24) is 0 Å². The second-order valence-electron chi connectivity index (χ2n) is 8.98. The highest BCUT2D eigenvalue weighted by Crippen LogP contribution is 2.43. The summed E-state index contributed by atoms with van der Waals surface area (Å²) in [4.78, 5) is -2.07. The van der Waals surface area contributed by atoms with Crippen LogP contribution >= 0.6 is 0 Å². The quantitative estimate of drug-likeness (QED) is 0.0951. The second kappa shape index (κ2) is 11.2. The molecule has 0 fully saturated rings. The van der Waals surface area contributed by atoms with Crippen LogP contribution in [0.2, 0.25) is 0 Å². The minimum Gasteiger partial charge on any atom is -0.455 e. The third-order valence-electron chi connectivity index (χ3n) is 5.83. The number of rotatable bonds is 7. The van der Waals surface area contributed by atoms with E-state index >= 15 is 0 Å². The minimum atomic E-state index is -5.19. The number of hydrogen-bond donors (Lipinski definition) is 4. The summed E-state index contributed by atoms with van der Waals surface area (Å²) >= 11 is 0. The number of halogens is 6. The zero-order chi connectivity index (χ0) is 32.8. The van der Waals surface area contributed by atoms with Gasteiger partial charge in [-0.15, -0.1) is 0 Å². The Kier molecular flexibility index (Phi) is 8.24. The molecule has 0 aliphatic heterocycles. The average Bonchev–Trinajstić information content (AvgIpc) is 2.89. The first-order chi connectivity index (χ1) is 20.1. The van der Waals surface area contributed by atoms with Gasteiger partial charge >= 0.3 is 12.4 Å². The number of ether oxygens (including phenoxy) is 2. The van der Waals surface area contributed by atoms with Gasteiger partial charge in [-0.3, -0.25) is 9.11 Å². The van der Waals surface area contributed by atoms with Crippen molar-refractivity contribution in [1.29, 1.82) is 0 Å². The zero-order valence-electron chi connectivity index (χ0n) is 21.5. The number of alkyl halides is 6. The van der Waals surface area contributed by atoms with Gasteiger partial charge in [0.05, 0.1) is 0 Å². The van der Waals surface area contributed by atoms with Crippen molar-refractivity contribution in [3.8, 4) is 34.1 Å². The lowest BCUT2D eigenvalue weighted by Crippen LogP contribution is -2.09. The van der Waals surface area contributed by atoms with Crippen LogP contribution in [0, 0.1) is 0 Å². The van der Waals surface area contributed by atoms with Gasteiger partial charge in [0, 0.05) is 11.4 Å². The molecule has 0 unspecified atom stereocenters. The van der Waals surface area contributed by atoms with Gasteiger partial charge in [0.15, 0.2) is 0 Å². The summed E-state index contributed by atoms with van der Waals surface area (Å²) in [7, 11) is -10.4. The summed E-state index contributed by atoms with van der Waals surface area (Å²) in [5.74, 6) is -3.24. The number of nitrogens with two attached hydrogens (primary N) is 2. The van der Waals surface area contributed by atoms with Gasteiger partial charge in [-0.1, -0.05) is 12.1 Å². The monoisotopic (exact) mass is 664 g/mol. The fourth-order valence-corrected chi connectivity index (χ4v) is 5.18. The number of hydrogen-bond acceptors (Lipinski definition) is 8. The smallest absolute Gasteiger partial charge is 0.420 e. The van der Waals surface area contributed by atoms with Gasteiger partial charge in [-0.25, -0.2) is 0 Å². The minimum absolute atomic E-state index is 0.182. The molecule has 4 aromatic rings. The van der Waals surface area contributed by atoms with Gasteiger partial charge in [0.25, 0.3) is 20.2 Å². The van der Waals surface area contributed by atoms with Crippen molar-refractivity contribution in [3.63, 3.8) is 0 Å². The molecule has 0 spiro atoms. The number of anilines is 2. The van der Waals surface area contributed by atoms with E-state index in [9.17, 15) is 52.3 Å². The van der Waals surface area contributed by atoms with Gasteiger partial charge in [0.2, 0.25) is 0 Å². The Morgan fingerprint density at radius 1 is 0.523 bits per heavy atom. The molecule has 0 saturated carbocycles. The van der Waals surface area contributed by atoms with Crippen LogP contribution in [0.25, 0.3) is 11.1 Å². The van der Waals surface area contributed by atoms with E-state index in [0.717, 1.165) is 60.7 Å². The van der Waals surface area contributed by atoms with Crippen molar-refractivity contribution in [2.75, 3.05) is 11.5 Å². The van der Waals surface area contributed by atoms with Crippen LogP contribution in [0.1, 0.15) is 11.1 Å². The molecule has 4 rings (SSSR count). The standard InChI is InChI=1S/C26H18F6N2O8S2/c27-25(28,29)17-11-15(33)3-7-19(17)41-21-5-1-13(9-23(21)43(35,36)37)14-2-6-22(24(10-14)44(38,39)40)42-20-8-4-16(34)12-18(20)26(30,31)32/h1-12H,33-34H2,(H,35,36,37)(H,38,39,40). The molecular formula is C26H18F6N2O8S2. The predicted molar refractivity (Wildman–Crippen MR) is 143 cm³/mol. The highest BCUT2D eigenvalue weighted by Gasteiger charge is 2.36. The Bertz CT molecular complexity index is 1840. The molecule has 10 nitrogen and oxygen atoms in total. The Labute approximate surface area is 244 Å². The third kappa shape index (κ3) is 7.16. The fourth-order valence-electron chi connectivity index (χ4n) is 3.90. The summed E-state index contributed by atoms with van der Waals surface area (Å²) in [6.07, 6.45) is -9.93. The summed E-state index contributed by atoms with van der Waals surface area (Å²) in [5.41, 5.74) is 7.20. The molecule has 0 aliphatic rings. The van der Waals surface area contributed by atoms with Crippen LogP contribution in [0.4, 0.5) is 37.7 Å². The maximum absolute atomic E-state index is 13.5. The molecule has 18 heteroatoms. The van der Waals surface area contributed by atoms with Crippen molar-refractivity contribution in [2.24, 2.45) is 0 Å². The van der Waals surface area contributed by atoms with Crippen LogP contribution in [-0.4, -0.2) is 25.9 Å². The summed E-state index contributed by atoms with van der Waals surface area (Å²) < 4.78 is 160. The van der Waals surface area contributed by atoms with Crippen LogP contribution < -0.4 is 20.9 Å². The fraction of sp³-hybridized carbons (Fsp3) is 0.0769. The van der Waals surface area contributed by atoms with E-state index in [0.29, 0.717) is 12.1 Å². The van der Waals surface area contributed by atoms with Crippen LogP contribution in [0.5, 0.6) is 23.0 Å². The largest absolute Gasteiger partial charge is 0.455 e. The molecule has 0 heterocycles. The van der Waals surface area contributed by atoms with Crippen LogP contribution in [0.15, 0.2) is 82.6 Å². The molecule has 0 aromatic heterocycles. The Morgan fingerprint density at radius 2 is 0.841 bits per heavy atom. The molecule has 0 atom stereocenters. The highest BCUT2D eigenvalue weighted by molar-refractivity contribution is 7.86. The summed E-state index contributed by atoms with van der Waals surface area (Å²) in [5, 5.41) is 0. The zero-order valence-corrected chi connectivity index (χ0v) is 23.1. The van der Waals surface area contributed by atoms with Crippen molar-refractivity contribution >= 4 is 31.6 Å². The van der Waals surface area contributed by atoms with Gasteiger partial charge < -0.3 is 20.9 Å². The molecule has 0 aliphatic carbocycles. The van der Waals surface area contributed by atoms with E-state index in [4.69, 9.17) is 20.9 Å². The van der Waals surface area contributed by atoms with E-state index in [-0.39, 0.29) is 22.5 Å². The molecule has 0 amide bonds. The Hall–Kier alpha value is -4.52. The normalized spacial score (nSPS) is 12.6. The molecule has 0 radical (unpaired) electrons. The molecular weight excluding hydrogens is 646 g/mol. The lowest BCUT2D eigenvalue weighted by Gasteiger charge is -2.17. The average molecular weight is 665 g/mol. The van der Waals surface area contributed by atoms with Crippen molar-refractivity contribution in [3.05, 3.63) is 83.9 Å². The van der Waals surface area contributed by atoms with Gasteiger partial charge in [-0.05, 0) is 71.8 Å². The summed E-state index contributed by atoms with van der Waals surface area (Å²) in [6.45, 7) is 0. The van der Waals surface area contributed by atoms with E-state index in [1.165, 1.54) is 0 Å². The summed E-state index contributed by atoms with van der Waals surface area (Å²) in [6, 6.07) is 10.1. The highest BCUT2D eigenvalue weighted by atomic mass is 32.2. The first-order valence-corrected chi connectivity index (χ1v) is 14.6. The molecule has 234 valence electrons. The molecule has 0 bridgehead atoms. The van der Waals surface area contributed by atoms with Gasteiger partial charge in [-0.2, -0.15) is 43.2 Å².